The Morgan fingerprint density at radius 1 is 0.556 bits per heavy atom. The highest BCUT2D eigenvalue weighted by atomic mass is 32.1. The summed E-state index contributed by atoms with van der Waals surface area (Å²) in [5, 5.41) is 2.67. The van der Waals surface area contributed by atoms with Crippen LogP contribution in [0.1, 0.15) is 37.5 Å². The summed E-state index contributed by atoms with van der Waals surface area (Å²) in [5.74, 6) is 0. The number of benzene rings is 7. The van der Waals surface area contributed by atoms with Crippen LogP contribution in [0.25, 0.3) is 59.1 Å². The van der Waals surface area contributed by atoms with Gasteiger partial charge < -0.3 is 4.90 Å². The van der Waals surface area contributed by atoms with Crippen LogP contribution in [0.4, 0.5) is 17.1 Å². The number of nitrogens with zero attached hydrogens (tertiary/aromatic N) is 1. The highest BCUT2D eigenvalue weighted by molar-refractivity contribution is 7.27. The van der Waals surface area contributed by atoms with Gasteiger partial charge in [0.25, 0.3) is 0 Å². The van der Waals surface area contributed by atoms with Gasteiger partial charge in [-0.2, -0.15) is 0 Å². The molecule has 9 rings (SSSR count). The second-order valence-electron chi connectivity index (χ2n) is 14.5. The van der Waals surface area contributed by atoms with E-state index in [9.17, 15) is 0 Å². The Morgan fingerprint density at radius 3 is 1.83 bits per heavy atom. The van der Waals surface area contributed by atoms with E-state index >= 15 is 0 Å². The second kappa shape index (κ2) is 13.6. The van der Waals surface area contributed by atoms with Crippen molar-refractivity contribution in [3.63, 3.8) is 0 Å². The Balaban J connectivity index is 1.13. The number of hydrogen-bond acceptors (Lipinski definition) is 2. The molecule has 0 unspecified atom stereocenters. The molecule has 1 heterocycles. The topological polar surface area (TPSA) is 3.24 Å². The van der Waals surface area contributed by atoms with E-state index in [1.807, 2.05) is 23.5 Å². The van der Waals surface area contributed by atoms with E-state index in [4.69, 9.17) is 0 Å². The van der Waals surface area contributed by atoms with Crippen molar-refractivity contribution in [3.8, 4) is 33.4 Å². The van der Waals surface area contributed by atoms with Gasteiger partial charge in [-0.1, -0.05) is 166 Å². The molecule has 0 N–H and O–H groups in total. The average Bonchev–Trinajstić information content (AvgIpc) is 3.72. The largest absolute Gasteiger partial charge is 0.311 e. The smallest absolute Gasteiger partial charge is 0.0462 e. The number of anilines is 3. The molecule has 0 radical (unpaired) electrons. The molecular weight excluding hydrogens is 671 g/mol. The van der Waals surface area contributed by atoms with Crippen LogP contribution in [-0.4, -0.2) is 0 Å². The van der Waals surface area contributed by atoms with Gasteiger partial charge in [0.2, 0.25) is 0 Å². The van der Waals surface area contributed by atoms with Crippen LogP contribution in [0.5, 0.6) is 0 Å². The van der Waals surface area contributed by atoms with Crippen molar-refractivity contribution in [1.29, 1.82) is 0 Å². The molecule has 0 atom stereocenters. The monoisotopic (exact) mass is 711 g/mol. The number of allylic oxidation sites excluding steroid dienone is 5. The molecule has 0 saturated carbocycles. The fourth-order valence-corrected chi connectivity index (χ4v) is 9.67. The highest BCUT2D eigenvalue weighted by Crippen LogP contribution is 2.54. The molecule has 0 fully saturated rings. The fraction of sp³-hybridized carbons (Fsp3) is 0.0769. The van der Waals surface area contributed by atoms with E-state index in [-0.39, 0.29) is 5.41 Å². The third kappa shape index (κ3) is 5.62. The Bertz CT molecular complexity index is 2720. The quantitative estimate of drug-likeness (QED) is 0.142. The first-order chi connectivity index (χ1) is 26.5. The van der Waals surface area contributed by atoms with Crippen LogP contribution in [0, 0.1) is 0 Å². The van der Waals surface area contributed by atoms with Crippen molar-refractivity contribution in [3.05, 3.63) is 205 Å². The molecule has 1 nitrogen and oxygen atoms in total. The maximum atomic E-state index is 3.85. The van der Waals surface area contributed by atoms with Gasteiger partial charge in [-0.05, 0) is 93.4 Å². The molecule has 0 amide bonds. The highest BCUT2D eigenvalue weighted by Gasteiger charge is 2.36. The first-order valence-electron chi connectivity index (χ1n) is 18.7. The summed E-state index contributed by atoms with van der Waals surface area (Å²) in [4.78, 5) is 2.35. The van der Waals surface area contributed by atoms with Gasteiger partial charge in [0.15, 0.2) is 0 Å². The van der Waals surface area contributed by atoms with Gasteiger partial charge in [-0.25, -0.2) is 0 Å². The number of hydrogen-bond donors (Lipinski definition) is 0. The summed E-state index contributed by atoms with van der Waals surface area (Å²) in [5.41, 5.74) is 16.2. The van der Waals surface area contributed by atoms with Crippen molar-refractivity contribution >= 4 is 54.1 Å². The SMILES string of the molecule is C=CC=CC(=CC)c1ccc(N(c2ccc(-c3ccccc3)cc2)c2ccc(-c3cccc4c3sc3c5c(ccc34)C(C)(C)c3ccccc3-5)cc2)cc1. The lowest BCUT2D eigenvalue weighted by Gasteiger charge is -2.26. The molecule has 2 heteroatoms. The van der Waals surface area contributed by atoms with Crippen molar-refractivity contribution in [2.24, 2.45) is 0 Å². The lowest BCUT2D eigenvalue weighted by atomic mass is 9.82. The molecular formula is C52H41NS. The molecule has 1 aliphatic carbocycles. The molecule has 0 bridgehead atoms. The standard InChI is InChI=1S/C52H41NS/c1-5-7-14-35(6-2)37-21-27-40(28-22-37)53(41-29-23-38(24-30-41)36-15-9-8-10-16-36)42-31-25-39(26-32-42)43-18-13-19-44-45-33-34-48-49(51(45)54-50(43)44)46-17-11-12-20-47(46)52(48,3)4/h5-34H,1H2,2-4H3. The third-order valence-corrected chi connectivity index (χ3v) is 12.3. The van der Waals surface area contributed by atoms with E-state index in [1.165, 1.54) is 70.2 Å². The molecule has 0 saturated heterocycles. The summed E-state index contributed by atoms with van der Waals surface area (Å²) in [6.45, 7) is 10.6. The van der Waals surface area contributed by atoms with Crippen LogP contribution in [0.15, 0.2) is 189 Å². The van der Waals surface area contributed by atoms with Crippen molar-refractivity contribution in [1.82, 2.24) is 0 Å². The average molecular weight is 712 g/mol. The zero-order valence-corrected chi connectivity index (χ0v) is 31.7. The predicted molar refractivity (Wildman–Crippen MR) is 235 cm³/mol. The van der Waals surface area contributed by atoms with Crippen LogP contribution in [-0.2, 0) is 5.41 Å². The van der Waals surface area contributed by atoms with Gasteiger partial charge in [-0.15, -0.1) is 11.3 Å². The van der Waals surface area contributed by atoms with Gasteiger partial charge in [-0.3, -0.25) is 0 Å². The summed E-state index contributed by atoms with van der Waals surface area (Å²) in [6, 6.07) is 57.9. The van der Waals surface area contributed by atoms with Crippen molar-refractivity contribution < 1.29 is 0 Å². The molecule has 8 aromatic rings. The molecule has 260 valence electrons. The molecule has 1 aromatic heterocycles. The first-order valence-corrected chi connectivity index (χ1v) is 19.5. The summed E-state index contributed by atoms with van der Waals surface area (Å²) in [7, 11) is 0. The normalized spacial score (nSPS) is 13.4. The zero-order chi connectivity index (χ0) is 36.8. The fourth-order valence-electron chi connectivity index (χ4n) is 8.27. The van der Waals surface area contributed by atoms with Crippen molar-refractivity contribution in [2.45, 2.75) is 26.2 Å². The Kier molecular flexibility index (Phi) is 8.49. The van der Waals surface area contributed by atoms with Crippen LogP contribution in [0.3, 0.4) is 0 Å². The third-order valence-electron chi connectivity index (χ3n) is 11.1. The number of rotatable bonds is 8. The minimum Gasteiger partial charge on any atom is -0.311 e. The summed E-state index contributed by atoms with van der Waals surface area (Å²) in [6.07, 6.45) is 8.04. The summed E-state index contributed by atoms with van der Waals surface area (Å²) >= 11 is 1.94. The van der Waals surface area contributed by atoms with Gasteiger partial charge >= 0.3 is 0 Å². The van der Waals surface area contributed by atoms with E-state index in [1.54, 1.807) is 0 Å². The van der Waals surface area contributed by atoms with E-state index in [0.29, 0.717) is 0 Å². The maximum Gasteiger partial charge on any atom is 0.0462 e. The van der Waals surface area contributed by atoms with E-state index in [2.05, 4.69) is 202 Å². The first kappa shape index (κ1) is 33.6. The van der Waals surface area contributed by atoms with Crippen LogP contribution < -0.4 is 4.90 Å². The Hall–Kier alpha value is -6.22. The molecule has 0 spiro atoms. The second-order valence-corrected chi connectivity index (χ2v) is 15.5. The minimum absolute atomic E-state index is 0.0133. The molecule has 1 aliphatic rings. The molecule has 7 aromatic carbocycles. The molecule has 0 aliphatic heterocycles. The van der Waals surface area contributed by atoms with E-state index < -0.39 is 0 Å². The predicted octanol–water partition coefficient (Wildman–Crippen LogP) is 15.3. The van der Waals surface area contributed by atoms with Gasteiger partial charge in [0.05, 0.1) is 0 Å². The Labute approximate surface area is 322 Å². The minimum atomic E-state index is -0.0133. The Morgan fingerprint density at radius 2 is 1.15 bits per heavy atom. The number of thiophene rings is 1. The van der Waals surface area contributed by atoms with E-state index in [0.717, 1.165) is 22.6 Å². The van der Waals surface area contributed by atoms with Crippen molar-refractivity contribution in [2.75, 3.05) is 4.90 Å². The zero-order valence-electron chi connectivity index (χ0n) is 30.9. The summed E-state index contributed by atoms with van der Waals surface area (Å²) < 4.78 is 2.73. The van der Waals surface area contributed by atoms with Gasteiger partial charge in [0, 0.05) is 48.2 Å². The lowest BCUT2D eigenvalue weighted by molar-refractivity contribution is 0.661. The van der Waals surface area contributed by atoms with Crippen LogP contribution in [0.2, 0.25) is 0 Å². The van der Waals surface area contributed by atoms with Gasteiger partial charge in [0.1, 0.15) is 0 Å². The van der Waals surface area contributed by atoms with Crippen LogP contribution >= 0.6 is 11.3 Å². The number of fused-ring (bicyclic) bond motifs is 7. The lowest BCUT2D eigenvalue weighted by Crippen LogP contribution is -2.14. The molecule has 54 heavy (non-hydrogen) atoms. The maximum absolute atomic E-state index is 3.85.